The predicted molar refractivity (Wildman–Crippen MR) is 94.5 cm³/mol. The van der Waals surface area contributed by atoms with Crippen molar-refractivity contribution < 1.29 is 14.3 Å². The fourth-order valence-corrected chi connectivity index (χ4v) is 3.25. The average molecular weight is 375 g/mol. The molecule has 0 bridgehead atoms. The minimum atomic E-state index is -0.374. The van der Waals surface area contributed by atoms with Crippen molar-refractivity contribution in [1.29, 1.82) is 0 Å². The highest BCUT2D eigenvalue weighted by Crippen LogP contribution is 2.36. The lowest BCUT2D eigenvalue weighted by atomic mass is 10.2. The second-order valence-corrected chi connectivity index (χ2v) is 6.80. The molecule has 2 rings (SSSR count). The Kier molecular flexibility index (Phi) is 5.98. The van der Waals surface area contributed by atoms with Crippen LogP contribution in [0.5, 0.6) is 11.5 Å². The van der Waals surface area contributed by atoms with E-state index in [0.717, 1.165) is 4.88 Å². The number of halogens is 2. The number of hydrogen-bond acceptors (Lipinski definition) is 4. The molecule has 8 heteroatoms. The second kappa shape index (κ2) is 7.77. The molecule has 0 aliphatic heterocycles. The third-order valence-corrected chi connectivity index (χ3v) is 4.80. The highest BCUT2D eigenvalue weighted by atomic mass is 35.5. The van der Waals surface area contributed by atoms with Crippen LogP contribution in [0, 0.1) is 0 Å². The van der Waals surface area contributed by atoms with Gasteiger partial charge in [-0.1, -0.05) is 23.2 Å². The first kappa shape index (κ1) is 17.7. The lowest BCUT2D eigenvalue weighted by Crippen LogP contribution is -2.30. The number of carbonyl (C=O) groups is 1. The van der Waals surface area contributed by atoms with Crippen molar-refractivity contribution in [1.82, 2.24) is 5.32 Å². The number of urea groups is 1. The van der Waals surface area contributed by atoms with Gasteiger partial charge in [0.05, 0.1) is 35.3 Å². The Labute approximate surface area is 148 Å². The minimum absolute atomic E-state index is 0.174. The van der Waals surface area contributed by atoms with Crippen LogP contribution < -0.4 is 20.1 Å². The van der Waals surface area contributed by atoms with Gasteiger partial charge in [0.1, 0.15) is 11.5 Å². The molecule has 23 heavy (non-hydrogen) atoms. The summed E-state index contributed by atoms with van der Waals surface area (Å²) >= 11 is 13.4. The summed E-state index contributed by atoms with van der Waals surface area (Å²) in [5.74, 6) is 0.921. The molecule has 1 atom stereocenters. The Morgan fingerprint density at radius 2 is 1.87 bits per heavy atom. The quantitative estimate of drug-likeness (QED) is 0.777. The molecule has 0 saturated carbocycles. The molecule has 2 amide bonds. The zero-order chi connectivity index (χ0) is 17.0. The lowest BCUT2D eigenvalue weighted by molar-refractivity contribution is 0.249. The number of ether oxygens (including phenoxy) is 2. The molecule has 124 valence electrons. The number of methoxy groups -OCH3 is 2. The predicted octanol–water partition coefficient (Wildman–Crippen LogP) is 4.95. The van der Waals surface area contributed by atoms with Gasteiger partial charge in [0, 0.05) is 10.9 Å². The maximum Gasteiger partial charge on any atom is 0.319 e. The van der Waals surface area contributed by atoms with Crippen molar-refractivity contribution in [2.45, 2.75) is 13.0 Å². The molecule has 1 aromatic heterocycles. The number of carbonyl (C=O) groups excluding carboxylic acids is 1. The van der Waals surface area contributed by atoms with Crippen LogP contribution in [-0.4, -0.2) is 20.3 Å². The minimum Gasteiger partial charge on any atom is -0.495 e. The molecule has 2 N–H and O–H groups in total. The summed E-state index contributed by atoms with van der Waals surface area (Å²) < 4.78 is 11.0. The van der Waals surface area contributed by atoms with Crippen LogP contribution in [0.4, 0.5) is 10.5 Å². The Morgan fingerprint density at radius 1 is 1.17 bits per heavy atom. The molecule has 5 nitrogen and oxygen atoms in total. The van der Waals surface area contributed by atoms with Crippen molar-refractivity contribution in [2.75, 3.05) is 19.5 Å². The topological polar surface area (TPSA) is 59.6 Å². The van der Waals surface area contributed by atoms with E-state index in [1.807, 2.05) is 13.0 Å². The fraction of sp³-hybridized carbons (Fsp3) is 0.267. The smallest absolute Gasteiger partial charge is 0.319 e. The molecule has 0 unspecified atom stereocenters. The van der Waals surface area contributed by atoms with Gasteiger partial charge in [-0.3, -0.25) is 0 Å². The summed E-state index contributed by atoms with van der Waals surface area (Å²) in [4.78, 5) is 13.1. The summed E-state index contributed by atoms with van der Waals surface area (Å²) in [5, 5.41) is 5.92. The Hall–Kier alpha value is -1.63. The monoisotopic (exact) mass is 374 g/mol. The number of benzene rings is 1. The van der Waals surface area contributed by atoms with Crippen molar-refractivity contribution in [3.8, 4) is 11.5 Å². The molecule has 1 aromatic carbocycles. The summed E-state index contributed by atoms with van der Waals surface area (Å²) in [6.45, 7) is 1.87. The van der Waals surface area contributed by atoms with E-state index < -0.39 is 0 Å². The van der Waals surface area contributed by atoms with E-state index in [4.69, 9.17) is 32.7 Å². The highest BCUT2D eigenvalue weighted by molar-refractivity contribution is 7.16. The van der Waals surface area contributed by atoms with Gasteiger partial charge in [0.15, 0.2) is 0 Å². The van der Waals surface area contributed by atoms with Crippen LogP contribution in [0.1, 0.15) is 17.8 Å². The Morgan fingerprint density at radius 3 is 2.43 bits per heavy atom. The number of amides is 2. The molecular formula is C15H16Cl2N2O3S. The zero-order valence-corrected chi connectivity index (χ0v) is 15.1. The van der Waals surface area contributed by atoms with E-state index in [1.165, 1.54) is 25.6 Å². The summed E-state index contributed by atoms with van der Waals surface area (Å²) in [6, 6.07) is 6.31. The van der Waals surface area contributed by atoms with E-state index in [2.05, 4.69) is 10.6 Å². The summed E-state index contributed by atoms with van der Waals surface area (Å²) in [7, 11) is 3.01. The highest BCUT2D eigenvalue weighted by Gasteiger charge is 2.15. The van der Waals surface area contributed by atoms with Gasteiger partial charge in [-0.15, -0.1) is 11.3 Å². The average Bonchev–Trinajstić information content (AvgIpc) is 2.94. The van der Waals surface area contributed by atoms with Gasteiger partial charge in [-0.2, -0.15) is 0 Å². The van der Waals surface area contributed by atoms with Crippen molar-refractivity contribution in [3.63, 3.8) is 0 Å². The molecular weight excluding hydrogens is 359 g/mol. The Bertz CT molecular complexity index is 706. The van der Waals surface area contributed by atoms with Gasteiger partial charge >= 0.3 is 6.03 Å². The Balaban J connectivity index is 2.09. The maximum atomic E-state index is 12.2. The summed E-state index contributed by atoms with van der Waals surface area (Å²) in [6.07, 6.45) is 0. The van der Waals surface area contributed by atoms with Gasteiger partial charge < -0.3 is 20.1 Å². The van der Waals surface area contributed by atoms with E-state index >= 15 is 0 Å². The first-order valence-electron chi connectivity index (χ1n) is 6.69. The first-order chi connectivity index (χ1) is 10.9. The first-order valence-corrected chi connectivity index (χ1v) is 8.26. The number of nitrogens with one attached hydrogen (secondary N) is 2. The van der Waals surface area contributed by atoms with Crippen LogP contribution in [0.15, 0.2) is 24.3 Å². The third-order valence-electron chi connectivity index (χ3n) is 3.09. The number of rotatable bonds is 5. The third kappa shape index (κ3) is 4.43. The van der Waals surface area contributed by atoms with Crippen LogP contribution >= 0.6 is 34.5 Å². The van der Waals surface area contributed by atoms with Crippen LogP contribution in [0.3, 0.4) is 0 Å². The number of thiophene rings is 1. The number of hydrogen-bond donors (Lipinski definition) is 2. The van der Waals surface area contributed by atoms with Gasteiger partial charge in [-0.05, 0) is 25.1 Å². The van der Waals surface area contributed by atoms with Crippen molar-refractivity contribution in [3.05, 3.63) is 38.5 Å². The zero-order valence-electron chi connectivity index (χ0n) is 12.8. The SMILES string of the molecule is COc1cc(OC)c(NC(=O)N[C@H](C)c2ccc(Cl)s2)cc1Cl. The van der Waals surface area contributed by atoms with Crippen LogP contribution in [0.25, 0.3) is 0 Å². The van der Waals surface area contributed by atoms with E-state index in [0.29, 0.717) is 26.5 Å². The van der Waals surface area contributed by atoms with Crippen molar-refractivity contribution >= 4 is 46.3 Å². The van der Waals surface area contributed by atoms with Gasteiger partial charge in [0.25, 0.3) is 0 Å². The molecule has 0 fully saturated rings. The van der Waals surface area contributed by atoms with E-state index in [1.54, 1.807) is 18.2 Å². The molecule has 0 radical (unpaired) electrons. The van der Waals surface area contributed by atoms with Crippen molar-refractivity contribution in [2.24, 2.45) is 0 Å². The lowest BCUT2D eigenvalue weighted by Gasteiger charge is -2.16. The van der Waals surface area contributed by atoms with E-state index in [-0.39, 0.29) is 12.1 Å². The number of anilines is 1. The summed E-state index contributed by atoms with van der Waals surface area (Å²) in [5.41, 5.74) is 0.451. The molecule has 1 heterocycles. The van der Waals surface area contributed by atoms with Crippen LogP contribution in [0.2, 0.25) is 9.36 Å². The fourth-order valence-electron chi connectivity index (χ4n) is 1.94. The normalized spacial score (nSPS) is 11.7. The molecule has 0 aliphatic rings. The largest absolute Gasteiger partial charge is 0.495 e. The van der Waals surface area contributed by atoms with Crippen LogP contribution in [-0.2, 0) is 0 Å². The van der Waals surface area contributed by atoms with Gasteiger partial charge in [-0.25, -0.2) is 4.79 Å². The standard InChI is InChI=1S/C15H16Cl2N2O3S/c1-8(13-4-5-14(17)23-13)18-15(20)19-10-6-9(16)11(21-2)7-12(10)22-3/h4-8H,1-3H3,(H2,18,19,20)/t8-/m1/s1. The van der Waals surface area contributed by atoms with Gasteiger partial charge in [0.2, 0.25) is 0 Å². The molecule has 0 saturated heterocycles. The molecule has 2 aromatic rings. The molecule has 0 aliphatic carbocycles. The molecule has 0 spiro atoms. The maximum absolute atomic E-state index is 12.2. The second-order valence-electron chi connectivity index (χ2n) is 4.65. The van der Waals surface area contributed by atoms with E-state index in [9.17, 15) is 4.79 Å².